The van der Waals surface area contributed by atoms with Gasteiger partial charge in [-0.1, -0.05) is 0 Å². The molecule has 0 saturated carbocycles. The molecule has 0 aliphatic rings. The molecule has 9 heteroatoms. The van der Waals surface area contributed by atoms with Gasteiger partial charge in [-0.3, -0.25) is 9.78 Å². The van der Waals surface area contributed by atoms with E-state index in [0.29, 0.717) is 64.1 Å². The van der Waals surface area contributed by atoms with Gasteiger partial charge in [0.05, 0.1) is 28.4 Å². The van der Waals surface area contributed by atoms with Gasteiger partial charge in [0, 0.05) is 47.6 Å². The van der Waals surface area contributed by atoms with E-state index in [1.165, 1.54) is 0 Å². The van der Waals surface area contributed by atoms with Crippen molar-refractivity contribution in [2.45, 2.75) is 0 Å². The number of furan rings is 1. The minimum atomic E-state index is -0.220. The fourth-order valence-electron chi connectivity index (χ4n) is 3.86. The second kappa shape index (κ2) is 10.4. The third-order valence-electron chi connectivity index (χ3n) is 5.54. The molecule has 0 spiro atoms. The van der Waals surface area contributed by atoms with E-state index >= 15 is 0 Å². The molecule has 0 unspecified atom stereocenters. The van der Waals surface area contributed by atoms with E-state index in [1.807, 2.05) is 24.3 Å². The van der Waals surface area contributed by atoms with Crippen molar-refractivity contribution < 1.29 is 28.2 Å². The Kier molecular flexibility index (Phi) is 7.07. The van der Waals surface area contributed by atoms with E-state index in [-0.39, 0.29) is 5.91 Å². The van der Waals surface area contributed by atoms with Gasteiger partial charge in [-0.2, -0.15) is 0 Å². The third kappa shape index (κ3) is 4.58. The summed E-state index contributed by atoms with van der Waals surface area (Å²) in [5.41, 5.74) is 9.35. The number of nitrogens with two attached hydrogens (primary N) is 1. The first kappa shape index (κ1) is 23.9. The molecule has 0 aliphatic carbocycles. The quantitative estimate of drug-likeness (QED) is 0.373. The van der Waals surface area contributed by atoms with Gasteiger partial charge >= 0.3 is 0 Å². The van der Waals surface area contributed by atoms with Crippen LogP contribution >= 0.6 is 0 Å². The molecule has 2 heterocycles. The highest BCUT2D eigenvalue weighted by Crippen LogP contribution is 2.43. The Labute approximate surface area is 202 Å². The molecule has 4 aromatic rings. The van der Waals surface area contributed by atoms with E-state index in [4.69, 9.17) is 29.1 Å². The van der Waals surface area contributed by atoms with Crippen molar-refractivity contribution in [2.75, 3.05) is 41.5 Å². The largest absolute Gasteiger partial charge is 0.496 e. The van der Waals surface area contributed by atoms with Crippen molar-refractivity contribution in [3.8, 4) is 45.4 Å². The standard InChI is InChI=1S/C26H27N3O6/c1-31-20-6-5-15(26(30)29-10-8-27)11-18(20)17-7-9-28-19-14-21(35-24(17)19)16-12-22(32-2)25(34-4)23(13-16)33-3/h5-7,9,11-14H,8,10,27H2,1-4H3,(H,29,30). The average molecular weight is 478 g/mol. The van der Waals surface area contributed by atoms with Crippen LogP contribution in [0.1, 0.15) is 10.4 Å². The number of hydrogen-bond acceptors (Lipinski definition) is 8. The number of carbonyl (C=O) groups excluding carboxylic acids is 1. The number of aromatic nitrogens is 1. The fourth-order valence-corrected chi connectivity index (χ4v) is 3.86. The molecule has 0 atom stereocenters. The third-order valence-corrected chi connectivity index (χ3v) is 5.54. The molecule has 0 aliphatic heterocycles. The molecule has 0 bridgehead atoms. The zero-order chi connectivity index (χ0) is 24.9. The Hall–Kier alpha value is -4.24. The summed E-state index contributed by atoms with van der Waals surface area (Å²) in [4.78, 5) is 17.0. The first-order chi connectivity index (χ1) is 17.0. The molecule has 182 valence electrons. The van der Waals surface area contributed by atoms with Gasteiger partial charge in [-0.25, -0.2) is 0 Å². The molecule has 0 radical (unpaired) electrons. The number of hydrogen-bond donors (Lipinski definition) is 2. The van der Waals surface area contributed by atoms with Gasteiger partial charge in [0.15, 0.2) is 17.1 Å². The van der Waals surface area contributed by atoms with E-state index in [1.54, 1.807) is 52.8 Å². The Morgan fingerprint density at radius 3 is 2.26 bits per heavy atom. The number of rotatable bonds is 9. The average Bonchev–Trinajstić information content (AvgIpc) is 3.35. The topological polar surface area (TPSA) is 118 Å². The number of nitrogens with zero attached hydrogens (tertiary/aromatic N) is 1. The lowest BCUT2D eigenvalue weighted by Crippen LogP contribution is -2.28. The van der Waals surface area contributed by atoms with Gasteiger partial charge < -0.3 is 34.4 Å². The summed E-state index contributed by atoms with van der Waals surface area (Å²) in [7, 11) is 6.24. The van der Waals surface area contributed by atoms with Crippen LogP contribution in [0.4, 0.5) is 0 Å². The van der Waals surface area contributed by atoms with Crippen LogP contribution in [0.2, 0.25) is 0 Å². The molecule has 1 amide bonds. The molecular weight excluding hydrogens is 450 g/mol. The number of amides is 1. The molecule has 4 rings (SSSR count). The van der Waals surface area contributed by atoms with E-state index in [9.17, 15) is 4.79 Å². The Balaban J connectivity index is 1.85. The van der Waals surface area contributed by atoms with Gasteiger partial charge in [-0.05, 0) is 36.4 Å². The van der Waals surface area contributed by atoms with Crippen LogP contribution in [-0.2, 0) is 0 Å². The predicted octanol–water partition coefficient (Wildman–Crippen LogP) is 3.88. The van der Waals surface area contributed by atoms with E-state index in [0.717, 1.165) is 11.1 Å². The molecule has 35 heavy (non-hydrogen) atoms. The van der Waals surface area contributed by atoms with Crippen LogP contribution in [0.3, 0.4) is 0 Å². The number of methoxy groups -OCH3 is 4. The van der Waals surface area contributed by atoms with Crippen LogP contribution < -0.4 is 30.0 Å². The lowest BCUT2D eigenvalue weighted by Gasteiger charge is -2.13. The summed E-state index contributed by atoms with van der Waals surface area (Å²) in [6.45, 7) is 0.742. The number of carbonyl (C=O) groups is 1. The normalized spacial score (nSPS) is 10.8. The first-order valence-corrected chi connectivity index (χ1v) is 10.9. The van der Waals surface area contributed by atoms with E-state index in [2.05, 4.69) is 10.3 Å². The summed E-state index contributed by atoms with van der Waals surface area (Å²) in [5, 5.41) is 2.78. The van der Waals surface area contributed by atoms with Gasteiger partial charge in [0.25, 0.3) is 5.91 Å². The first-order valence-electron chi connectivity index (χ1n) is 10.9. The summed E-state index contributed by atoms with van der Waals surface area (Å²) >= 11 is 0. The zero-order valence-corrected chi connectivity index (χ0v) is 20.0. The summed E-state index contributed by atoms with van der Waals surface area (Å²) in [6.07, 6.45) is 1.69. The molecule has 2 aromatic carbocycles. The monoisotopic (exact) mass is 477 g/mol. The smallest absolute Gasteiger partial charge is 0.251 e. The maximum atomic E-state index is 12.5. The predicted molar refractivity (Wildman–Crippen MR) is 132 cm³/mol. The lowest BCUT2D eigenvalue weighted by atomic mass is 10.0. The van der Waals surface area contributed by atoms with Crippen molar-refractivity contribution in [2.24, 2.45) is 5.73 Å². The number of pyridine rings is 1. The second-order valence-electron chi connectivity index (χ2n) is 7.56. The van der Waals surface area contributed by atoms with Crippen LogP contribution in [-0.4, -0.2) is 52.4 Å². The molecule has 0 saturated heterocycles. The highest BCUT2D eigenvalue weighted by Gasteiger charge is 2.20. The van der Waals surface area contributed by atoms with Gasteiger partial charge in [0.2, 0.25) is 5.75 Å². The van der Waals surface area contributed by atoms with Crippen LogP contribution in [0.25, 0.3) is 33.6 Å². The fraction of sp³-hybridized carbons (Fsp3) is 0.231. The van der Waals surface area contributed by atoms with Gasteiger partial charge in [-0.15, -0.1) is 0 Å². The number of nitrogens with one attached hydrogen (secondary N) is 1. The second-order valence-corrected chi connectivity index (χ2v) is 7.56. The molecule has 0 fully saturated rings. The molecular formula is C26H27N3O6. The lowest BCUT2D eigenvalue weighted by molar-refractivity contribution is 0.0954. The molecule has 3 N–H and O–H groups in total. The van der Waals surface area contributed by atoms with Crippen molar-refractivity contribution in [1.82, 2.24) is 10.3 Å². The summed E-state index contributed by atoms with van der Waals surface area (Å²) in [5.74, 6) is 2.45. The number of fused-ring (bicyclic) bond motifs is 1. The van der Waals surface area contributed by atoms with Crippen molar-refractivity contribution in [3.63, 3.8) is 0 Å². The highest BCUT2D eigenvalue weighted by atomic mass is 16.5. The van der Waals surface area contributed by atoms with E-state index < -0.39 is 0 Å². The van der Waals surface area contributed by atoms with Crippen LogP contribution in [0.15, 0.2) is 53.1 Å². The molecule has 2 aromatic heterocycles. The van der Waals surface area contributed by atoms with Gasteiger partial charge in [0.1, 0.15) is 17.0 Å². The number of ether oxygens (including phenoxy) is 4. The zero-order valence-electron chi connectivity index (χ0n) is 20.0. The SMILES string of the molecule is COc1ccc(C(=O)NCCN)cc1-c1ccnc2cc(-c3cc(OC)c(OC)c(OC)c3)oc12. The van der Waals surface area contributed by atoms with Crippen LogP contribution in [0.5, 0.6) is 23.0 Å². The summed E-state index contributed by atoms with van der Waals surface area (Å²) in [6, 6.07) is 12.5. The minimum Gasteiger partial charge on any atom is -0.496 e. The summed E-state index contributed by atoms with van der Waals surface area (Å²) < 4.78 is 28.2. The van der Waals surface area contributed by atoms with Crippen molar-refractivity contribution >= 4 is 17.0 Å². The maximum Gasteiger partial charge on any atom is 0.251 e. The Morgan fingerprint density at radius 1 is 0.914 bits per heavy atom. The van der Waals surface area contributed by atoms with Crippen molar-refractivity contribution in [1.29, 1.82) is 0 Å². The van der Waals surface area contributed by atoms with Crippen LogP contribution in [0, 0.1) is 0 Å². The van der Waals surface area contributed by atoms with Crippen molar-refractivity contribution in [3.05, 3.63) is 54.2 Å². The Morgan fingerprint density at radius 2 is 1.63 bits per heavy atom. The Bertz CT molecular complexity index is 1340. The highest BCUT2D eigenvalue weighted by molar-refractivity contribution is 5.99. The number of benzene rings is 2. The maximum absolute atomic E-state index is 12.5. The molecule has 9 nitrogen and oxygen atoms in total. The minimum absolute atomic E-state index is 0.220.